The normalized spacial score (nSPS) is 22.3. The van der Waals surface area contributed by atoms with Crippen molar-refractivity contribution >= 4 is 5.97 Å². The molecule has 1 aromatic rings. The van der Waals surface area contributed by atoms with Gasteiger partial charge in [0, 0.05) is 13.1 Å². The van der Waals surface area contributed by atoms with Crippen LogP contribution < -0.4 is 5.32 Å². The molecule has 3 rings (SSSR count). The average Bonchev–Trinajstić information content (AvgIpc) is 2.47. The van der Waals surface area contributed by atoms with Crippen molar-refractivity contribution in [1.29, 1.82) is 0 Å². The van der Waals surface area contributed by atoms with E-state index in [0.717, 1.165) is 19.5 Å². The summed E-state index contributed by atoms with van der Waals surface area (Å²) < 4.78 is 0. The minimum atomic E-state index is -0.875. The maximum atomic E-state index is 11.0. The SMILES string of the molecule is O=C(O)C1=CC(N2CCc3ccccc3C2)NC=C1. The summed E-state index contributed by atoms with van der Waals surface area (Å²) in [6.07, 6.45) is 6.06. The quantitative estimate of drug-likeness (QED) is 0.842. The van der Waals surface area contributed by atoms with Crippen molar-refractivity contribution < 1.29 is 9.90 Å². The number of hydrogen-bond acceptors (Lipinski definition) is 3. The summed E-state index contributed by atoms with van der Waals surface area (Å²) in [5.74, 6) is -0.875. The van der Waals surface area contributed by atoms with E-state index in [4.69, 9.17) is 5.11 Å². The van der Waals surface area contributed by atoms with E-state index in [1.807, 2.05) is 0 Å². The van der Waals surface area contributed by atoms with E-state index in [9.17, 15) is 4.79 Å². The third-order valence-corrected chi connectivity index (χ3v) is 3.67. The molecule has 1 unspecified atom stereocenters. The van der Waals surface area contributed by atoms with Crippen LogP contribution in [0.25, 0.3) is 0 Å². The van der Waals surface area contributed by atoms with E-state index in [1.54, 1.807) is 18.4 Å². The summed E-state index contributed by atoms with van der Waals surface area (Å²) in [6.45, 7) is 1.79. The standard InChI is InChI=1S/C15H16N2O2/c18-15(19)12-5-7-16-14(9-12)17-8-6-11-3-1-2-4-13(11)10-17/h1-5,7,9,14,16H,6,8,10H2,(H,18,19). The highest BCUT2D eigenvalue weighted by Gasteiger charge is 2.23. The van der Waals surface area contributed by atoms with Crippen molar-refractivity contribution in [2.24, 2.45) is 0 Å². The molecule has 0 bridgehead atoms. The molecule has 0 aromatic heterocycles. The molecule has 2 aliphatic rings. The molecule has 4 nitrogen and oxygen atoms in total. The second-order valence-electron chi connectivity index (χ2n) is 4.86. The van der Waals surface area contributed by atoms with Crippen LogP contribution in [0, 0.1) is 0 Å². The van der Waals surface area contributed by atoms with Gasteiger partial charge in [0.15, 0.2) is 0 Å². The van der Waals surface area contributed by atoms with Crippen molar-refractivity contribution in [3.8, 4) is 0 Å². The van der Waals surface area contributed by atoms with Crippen molar-refractivity contribution in [2.75, 3.05) is 6.54 Å². The summed E-state index contributed by atoms with van der Waals surface area (Å²) in [7, 11) is 0. The highest BCUT2D eigenvalue weighted by Crippen LogP contribution is 2.21. The fourth-order valence-corrected chi connectivity index (χ4v) is 2.62. The Kier molecular flexibility index (Phi) is 3.09. The topological polar surface area (TPSA) is 52.6 Å². The highest BCUT2D eigenvalue weighted by atomic mass is 16.4. The number of carbonyl (C=O) groups is 1. The molecule has 1 aromatic carbocycles. The van der Waals surface area contributed by atoms with Crippen molar-refractivity contribution in [1.82, 2.24) is 10.2 Å². The van der Waals surface area contributed by atoms with E-state index in [-0.39, 0.29) is 6.17 Å². The van der Waals surface area contributed by atoms with Crippen LogP contribution in [-0.4, -0.2) is 28.7 Å². The monoisotopic (exact) mass is 256 g/mol. The number of rotatable bonds is 2. The lowest BCUT2D eigenvalue weighted by molar-refractivity contribution is -0.132. The zero-order chi connectivity index (χ0) is 13.2. The van der Waals surface area contributed by atoms with Crippen LogP contribution in [0.15, 0.2) is 48.2 Å². The Morgan fingerprint density at radius 1 is 1.32 bits per heavy atom. The first-order chi connectivity index (χ1) is 9.24. The third-order valence-electron chi connectivity index (χ3n) is 3.67. The zero-order valence-electron chi connectivity index (χ0n) is 10.5. The van der Waals surface area contributed by atoms with E-state index in [0.29, 0.717) is 5.57 Å². The number of nitrogens with one attached hydrogen (secondary N) is 1. The first-order valence-corrected chi connectivity index (χ1v) is 6.42. The minimum Gasteiger partial charge on any atom is -0.478 e. The molecule has 0 aliphatic carbocycles. The first kappa shape index (κ1) is 12.0. The molecule has 2 N–H and O–H groups in total. The van der Waals surface area contributed by atoms with Gasteiger partial charge in [-0.2, -0.15) is 0 Å². The molecular weight excluding hydrogens is 240 g/mol. The van der Waals surface area contributed by atoms with Crippen LogP contribution in [0.2, 0.25) is 0 Å². The van der Waals surface area contributed by atoms with Gasteiger partial charge < -0.3 is 10.4 Å². The molecule has 0 fully saturated rings. The molecule has 0 spiro atoms. The number of carboxylic acid groups (broad SMARTS) is 1. The van der Waals surface area contributed by atoms with Gasteiger partial charge >= 0.3 is 5.97 Å². The van der Waals surface area contributed by atoms with Crippen LogP contribution in [0.1, 0.15) is 11.1 Å². The van der Waals surface area contributed by atoms with Crippen LogP contribution in [0.3, 0.4) is 0 Å². The predicted octanol–water partition coefficient (Wildman–Crippen LogP) is 1.50. The average molecular weight is 256 g/mol. The number of benzene rings is 1. The maximum Gasteiger partial charge on any atom is 0.335 e. The van der Waals surface area contributed by atoms with Crippen molar-refractivity contribution in [3.63, 3.8) is 0 Å². The number of carboxylic acids is 1. The van der Waals surface area contributed by atoms with Gasteiger partial charge in [-0.25, -0.2) is 4.79 Å². The molecule has 2 aliphatic heterocycles. The smallest absolute Gasteiger partial charge is 0.335 e. The van der Waals surface area contributed by atoms with E-state index >= 15 is 0 Å². The van der Waals surface area contributed by atoms with E-state index in [2.05, 4.69) is 34.5 Å². The molecule has 98 valence electrons. The Bertz CT molecular complexity index is 563. The minimum absolute atomic E-state index is 0.0375. The summed E-state index contributed by atoms with van der Waals surface area (Å²) in [5.41, 5.74) is 3.07. The molecular formula is C15H16N2O2. The molecule has 2 heterocycles. The van der Waals surface area contributed by atoms with Gasteiger partial charge in [0.25, 0.3) is 0 Å². The van der Waals surface area contributed by atoms with Gasteiger partial charge in [-0.05, 0) is 35.9 Å². The number of aliphatic carboxylic acids is 1. The van der Waals surface area contributed by atoms with E-state index < -0.39 is 5.97 Å². The van der Waals surface area contributed by atoms with Gasteiger partial charge in [-0.1, -0.05) is 24.3 Å². The molecule has 0 saturated carbocycles. The number of hydrogen-bond donors (Lipinski definition) is 2. The Hall–Kier alpha value is -2.07. The molecule has 0 amide bonds. The lowest BCUT2D eigenvalue weighted by Crippen LogP contribution is -2.46. The fraction of sp³-hybridized carbons (Fsp3) is 0.267. The highest BCUT2D eigenvalue weighted by molar-refractivity contribution is 5.90. The molecule has 4 heteroatoms. The van der Waals surface area contributed by atoms with Crippen LogP contribution in [-0.2, 0) is 17.8 Å². The summed E-state index contributed by atoms with van der Waals surface area (Å²) in [5, 5.41) is 12.3. The summed E-state index contributed by atoms with van der Waals surface area (Å²) in [4.78, 5) is 13.3. The third kappa shape index (κ3) is 2.39. The van der Waals surface area contributed by atoms with Crippen LogP contribution >= 0.6 is 0 Å². The Balaban J connectivity index is 1.79. The Morgan fingerprint density at radius 3 is 2.89 bits per heavy atom. The number of dihydropyridines is 1. The Labute approximate surface area is 112 Å². The van der Waals surface area contributed by atoms with Gasteiger partial charge in [-0.3, -0.25) is 4.90 Å². The first-order valence-electron chi connectivity index (χ1n) is 6.42. The van der Waals surface area contributed by atoms with Crippen molar-refractivity contribution in [3.05, 3.63) is 59.3 Å². The maximum absolute atomic E-state index is 11.0. The van der Waals surface area contributed by atoms with Crippen LogP contribution in [0.5, 0.6) is 0 Å². The number of fused-ring (bicyclic) bond motifs is 1. The van der Waals surface area contributed by atoms with Gasteiger partial charge in [0.05, 0.1) is 11.7 Å². The second kappa shape index (κ2) is 4.90. The second-order valence-corrected chi connectivity index (χ2v) is 4.86. The van der Waals surface area contributed by atoms with Gasteiger partial charge in [-0.15, -0.1) is 0 Å². The van der Waals surface area contributed by atoms with Crippen LogP contribution in [0.4, 0.5) is 0 Å². The largest absolute Gasteiger partial charge is 0.478 e. The lowest BCUT2D eigenvalue weighted by atomic mass is 9.99. The number of nitrogens with zero attached hydrogens (tertiary/aromatic N) is 1. The molecule has 0 radical (unpaired) electrons. The lowest BCUT2D eigenvalue weighted by Gasteiger charge is -2.35. The zero-order valence-corrected chi connectivity index (χ0v) is 10.5. The van der Waals surface area contributed by atoms with E-state index in [1.165, 1.54) is 11.1 Å². The van der Waals surface area contributed by atoms with Gasteiger partial charge in [0.1, 0.15) is 0 Å². The molecule has 19 heavy (non-hydrogen) atoms. The predicted molar refractivity (Wildman–Crippen MR) is 72.3 cm³/mol. The summed E-state index contributed by atoms with van der Waals surface area (Å²) >= 11 is 0. The summed E-state index contributed by atoms with van der Waals surface area (Å²) in [6, 6.07) is 8.43. The van der Waals surface area contributed by atoms with Crippen molar-refractivity contribution in [2.45, 2.75) is 19.1 Å². The molecule has 0 saturated heterocycles. The Morgan fingerprint density at radius 2 is 2.11 bits per heavy atom. The molecule has 1 atom stereocenters. The fourth-order valence-electron chi connectivity index (χ4n) is 2.62. The van der Waals surface area contributed by atoms with Gasteiger partial charge in [0.2, 0.25) is 0 Å².